The molecule has 0 rings (SSSR count). The van der Waals surface area contributed by atoms with Crippen molar-refractivity contribution in [2.24, 2.45) is 28.6 Å². The topological polar surface area (TPSA) is 0 Å². The van der Waals surface area contributed by atoms with Gasteiger partial charge >= 0.3 is 0 Å². The number of hydrogen-bond acceptors (Lipinski definition) is 0. The first-order valence-electron chi connectivity index (χ1n) is 7.11. The molecular weight excluding hydrogens is 192 g/mol. The smallest absolute Gasteiger partial charge is 0.0272 e. The Bertz CT molecular complexity index is 198. The summed E-state index contributed by atoms with van der Waals surface area (Å²) < 4.78 is 0. The first kappa shape index (κ1) is 16.0. The molecule has 2 atom stereocenters. The van der Waals surface area contributed by atoms with Gasteiger partial charge < -0.3 is 0 Å². The van der Waals surface area contributed by atoms with Crippen molar-refractivity contribution in [1.82, 2.24) is 0 Å². The van der Waals surface area contributed by atoms with E-state index in [4.69, 9.17) is 0 Å². The molecule has 0 saturated carbocycles. The van der Waals surface area contributed by atoms with Gasteiger partial charge in [-0.15, -0.1) is 0 Å². The van der Waals surface area contributed by atoms with Crippen LogP contribution in [0.5, 0.6) is 0 Å². The Balaban J connectivity index is 5.08. The molecule has 0 aromatic carbocycles. The summed E-state index contributed by atoms with van der Waals surface area (Å²) in [6.45, 7) is 21.7. The van der Waals surface area contributed by atoms with Crippen LogP contribution in [0.4, 0.5) is 0 Å². The molecule has 0 aromatic rings. The maximum Gasteiger partial charge on any atom is -0.0272 e. The highest BCUT2D eigenvalue weighted by atomic mass is 14.5. The molecule has 0 fully saturated rings. The molecule has 0 N–H and O–H groups in total. The lowest BCUT2D eigenvalue weighted by Gasteiger charge is -2.50. The van der Waals surface area contributed by atoms with Gasteiger partial charge in [0.1, 0.15) is 0 Å². The van der Waals surface area contributed by atoms with Gasteiger partial charge in [0.15, 0.2) is 0 Å². The quantitative estimate of drug-likeness (QED) is 0.539. The van der Waals surface area contributed by atoms with Crippen molar-refractivity contribution >= 4 is 0 Å². The maximum absolute atomic E-state index is 2.48. The molecule has 0 amide bonds. The van der Waals surface area contributed by atoms with E-state index in [-0.39, 0.29) is 0 Å². The Kier molecular flexibility index (Phi) is 5.56. The monoisotopic (exact) mass is 226 g/mol. The van der Waals surface area contributed by atoms with E-state index in [0.29, 0.717) is 10.8 Å². The highest BCUT2D eigenvalue weighted by Gasteiger charge is 2.43. The molecule has 0 nitrogen and oxygen atoms in total. The van der Waals surface area contributed by atoms with Gasteiger partial charge in [-0.3, -0.25) is 0 Å². The van der Waals surface area contributed by atoms with E-state index in [1.54, 1.807) is 0 Å². The standard InChI is InChI=1S/C16H34/c1-10-14(13(5)12(3)4)16(8,9)15(6,7)11-2/h12-14H,10-11H2,1-9H3. The van der Waals surface area contributed by atoms with E-state index in [1.807, 2.05) is 0 Å². The van der Waals surface area contributed by atoms with Crippen molar-refractivity contribution in [3.63, 3.8) is 0 Å². The normalized spacial score (nSPS) is 17.6. The fourth-order valence-electron chi connectivity index (χ4n) is 2.96. The highest BCUT2D eigenvalue weighted by Crippen LogP contribution is 2.51. The van der Waals surface area contributed by atoms with Gasteiger partial charge in [0, 0.05) is 0 Å². The maximum atomic E-state index is 2.48. The molecule has 0 aliphatic heterocycles. The van der Waals surface area contributed by atoms with Crippen LogP contribution in [-0.2, 0) is 0 Å². The molecule has 98 valence electrons. The van der Waals surface area contributed by atoms with Crippen LogP contribution >= 0.6 is 0 Å². The van der Waals surface area contributed by atoms with Crippen molar-refractivity contribution in [2.45, 2.75) is 75.2 Å². The molecule has 16 heavy (non-hydrogen) atoms. The lowest BCUT2D eigenvalue weighted by atomic mass is 9.55. The molecule has 0 radical (unpaired) electrons. The lowest BCUT2D eigenvalue weighted by molar-refractivity contribution is -0.00556. The third-order valence-electron chi connectivity index (χ3n) is 5.68. The van der Waals surface area contributed by atoms with Gasteiger partial charge in [0.25, 0.3) is 0 Å². The summed E-state index contributed by atoms with van der Waals surface area (Å²) in [5.41, 5.74) is 0.844. The van der Waals surface area contributed by atoms with Crippen LogP contribution in [0, 0.1) is 28.6 Å². The zero-order chi connectivity index (χ0) is 13.1. The minimum Gasteiger partial charge on any atom is -0.0651 e. The summed E-state index contributed by atoms with van der Waals surface area (Å²) in [7, 11) is 0. The van der Waals surface area contributed by atoms with Gasteiger partial charge in [-0.05, 0) is 28.6 Å². The third-order valence-corrected chi connectivity index (χ3v) is 5.68. The zero-order valence-corrected chi connectivity index (χ0v) is 13.1. The fraction of sp³-hybridized carbons (Fsp3) is 1.00. The molecule has 0 saturated heterocycles. The van der Waals surface area contributed by atoms with Gasteiger partial charge in [-0.25, -0.2) is 0 Å². The summed E-state index contributed by atoms with van der Waals surface area (Å²) in [5.74, 6) is 2.42. The van der Waals surface area contributed by atoms with Crippen molar-refractivity contribution in [3.05, 3.63) is 0 Å². The Morgan fingerprint density at radius 1 is 0.875 bits per heavy atom. The minimum absolute atomic E-state index is 0.417. The predicted molar refractivity (Wildman–Crippen MR) is 75.6 cm³/mol. The molecule has 0 spiro atoms. The fourth-order valence-corrected chi connectivity index (χ4v) is 2.96. The molecule has 0 aliphatic carbocycles. The van der Waals surface area contributed by atoms with Crippen LogP contribution in [-0.4, -0.2) is 0 Å². The molecule has 0 heteroatoms. The van der Waals surface area contributed by atoms with Gasteiger partial charge in [-0.2, -0.15) is 0 Å². The summed E-state index contributed by atoms with van der Waals surface area (Å²) in [6, 6.07) is 0. The van der Waals surface area contributed by atoms with Gasteiger partial charge in [0.2, 0.25) is 0 Å². The summed E-state index contributed by atoms with van der Waals surface area (Å²) in [4.78, 5) is 0. The van der Waals surface area contributed by atoms with Crippen LogP contribution in [0.2, 0.25) is 0 Å². The second-order valence-electron chi connectivity index (χ2n) is 7.08. The third kappa shape index (κ3) is 3.02. The second-order valence-corrected chi connectivity index (χ2v) is 7.08. The van der Waals surface area contributed by atoms with Crippen LogP contribution in [0.15, 0.2) is 0 Å². The first-order chi connectivity index (χ1) is 7.11. The van der Waals surface area contributed by atoms with Gasteiger partial charge in [-0.1, -0.05) is 75.2 Å². The van der Waals surface area contributed by atoms with Crippen LogP contribution in [0.1, 0.15) is 75.2 Å². The lowest BCUT2D eigenvalue weighted by Crippen LogP contribution is -2.42. The zero-order valence-electron chi connectivity index (χ0n) is 13.1. The average molecular weight is 226 g/mol. The minimum atomic E-state index is 0.417. The average Bonchev–Trinajstić information content (AvgIpc) is 2.17. The van der Waals surface area contributed by atoms with E-state index in [9.17, 15) is 0 Å². The van der Waals surface area contributed by atoms with Crippen LogP contribution in [0.3, 0.4) is 0 Å². The summed E-state index contributed by atoms with van der Waals surface area (Å²) in [5, 5.41) is 0. The Hall–Kier alpha value is 0. The highest BCUT2D eigenvalue weighted by molar-refractivity contribution is 4.92. The van der Waals surface area contributed by atoms with E-state index < -0.39 is 0 Å². The van der Waals surface area contributed by atoms with E-state index >= 15 is 0 Å². The van der Waals surface area contributed by atoms with E-state index in [0.717, 1.165) is 17.8 Å². The van der Waals surface area contributed by atoms with Gasteiger partial charge in [0.05, 0.1) is 0 Å². The molecule has 2 unspecified atom stereocenters. The SMILES string of the molecule is CCC(C(C)C(C)C)C(C)(C)C(C)(C)CC. The molecular formula is C16H34. The molecule has 0 heterocycles. The summed E-state index contributed by atoms with van der Waals surface area (Å²) >= 11 is 0. The summed E-state index contributed by atoms with van der Waals surface area (Å²) in [6.07, 6.45) is 2.57. The van der Waals surface area contributed by atoms with E-state index in [2.05, 4.69) is 62.3 Å². The number of hydrogen-bond donors (Lipinski definition) is 0. The van der Waals surface area contributed by atoms with Crippen LogP contribution < -0.4 is 0 Å². The number of rotatable bonds is 6. The Labute approximate surface area is 104 Å². The van der Waals surface area contributed by atoms with Crippen LogP contribution in [0.25, 0.3) is 0 Å². The largest absolute Gasteiger partial charge is 0.0651 e. The van der Waals surface area contributed by atoms with Crippen molar-refractivity contribution < 1.29 is 0 Å². The predicted octanol–water partition coefficient (Wildman–Crippen LogP) is 5.77. The molecule has 0 aliphatic rings. The molecule has 0 aromatic heterocycles. The first-order valence-corrected chi connectivity index (χ1v) is 7.11. The van der Waals surface area contributed by atoms with E-state index in [1.165, 1.54) is 12.8 Å². The van der Waals surface area contributed by atoms with Crippen molar-refractivity contribution in [2.75, 3.05) is 0 Å². The Morgan fingerprint density at radius 2 is 1.31 bits per heavy atom. The van der Waals surface area contributed by atoms with Crippen molar-refractivity contribution in [1.29, 1.82) is 0 Å². The van der Waals surface area contributed by atoms with Crippen molar-refractivity contribution in [3.8, 4) is 0 Å². The second kappa shape index (κ2) is 5.56. The molecule has 0 bridgehead atoms. The Morgan fingerprint density at radius 3 is 1.56 bits per heavy atom.